The Kier molecular flexibility index (Phi) is 9.52. The second-order valence-corrected chi connectivity index (χ2v) is 15.6. The lowest BCUT2D eigenvalue weighted by Crippen LogP contribution is -2.66. The third-order valence-corrected chi connectivity index (χ3v) is 11.9. The molecule has 0 bridgehead atoms. The molecule has 0 saturated carbocycles. The van der Waals surface area contributed by atoms with Gasteiger partial charge in [-0.05, 0) is 44.0 Å². The average Bonchev–Trinajstić information content (AvgIpc) is 3.73. The molecule has 1 amide bonds. The van der Waals surface area contributed by atoms with Crippen LogP contribution in [-0.2, 0) is 22.7 Å². The second kappa shape index (κ2) is 14.2. The first kappa shape index (κ1) is 34.7. The highest BCUT2D eigenvalue weighted by molar-refractivity contribution is 7.18. The number of rotatable bonds is 10. The number of aliphatic carboxylic acids is 1. The number of benzene rings is 2. The van der Waals surface area contributed by atoms with E-state index in [1.165, 1.54) is 0 Å². The van der Waals surface area contributed by atoms with Crippen molar-refractivity contribution in [2.45, 2.75) is 44.3 Å². The van der Waals surface area contributed by atoms with Crippen LogP contribution >= 0.6 is 34.5 Å². The number of piperidine rings is 1. The summed E-state index contributed by atoms with van der Waals surface area (Å²) in [6.45, 7) is 4.21. The Labute approximate surface area is 314 Å². The average molecular weight is 760 g/mol. The van der Waals surface area contributed by atoms with Gasteiger partial charge in [0.15, 0.2) is 0 Å². The van der Waals surface area contributed by atoms with Gasteiger partial charge >= 0.3 is 5.97 Å². The van der Waals surface area contributed by atoms with E-state index in [0.717, 1.165) is 53.3 Å². The van der Waals surface area contributed by atoms with Crippen molar-refractivity contribution in [1.82, 2.24) is 30.1 Å². The summed E-state index contributed by atoms with van der Waals surface area (Å²) in [5, 5.41) is 14.4. The van der Waals surface area contributed by atoms with Crippen molar-refractivity contribution in [3.8, 4) is 39.9 Å². The van der Waals surface area contributed by atoms with Crippen molar-refractivity contribution in [3.63, 3.8) is 0 Å². The van der Waals surface area contributed by atoms with E-state index in [2.05, 4.69) is 20.1 Å². The highest BCUT2D eigenvalue weighted by atomic mass is 35.5. The number of likely N-dealkylation sites (tertiary alicyclic amines) is 2. The summed E-state index contributed by atoms with van der Waals surface area (Å²) < 4.78 is 13.0. The smallest absolute Gasteiger partial charge is 0.307 e. The monoisotopic (exact) mass is 758 g/mol. The Balaban J connectivity index is 1.01. The van der Waals surface area contributed by atoms with E-state index >= 15 is 0 Å². The van der Waals surface area contributed by atoms with Gasteiger partial charge in [0.25, 0.3) is 0 Å². The molecular weight excluding hydrogens is 723 g/mol. The summed E-state index contributed by atoms with van der Waals surface area (Å²) >= 11 is 15.7. The first-order chi connectivity index (χ1) is 25.2. The van der Waals surface area contributed by atoms with Gasteiger partial charge in [-0.3, -0.25) is 19.4 Å². The van der Waals surface area contributed by atoms with Gasteiger partial charge in [0.05, 0.1) is 45.6 Å². The third kappa shape index (κ3) is 6.81. The number of hydrogen-bond donors (Lipinski definition) is 2. The Morgan fingerprint density at radius 3 is 2.56 bits per heavy atom. The van der Waals surface area contributed by atoms with Gasteiger partial charge in [-0.1, -0.05) is 59.6 Å². The molecule has 2 N–H and O–H groups in total. The van der Waals surface area contributed by atoms with Crippen LogP contribution in [0, 0.1) is 5.92 Å². The van der Waals surface area contributed by atoms with E-state index < -0.39 is 5.97 Å². The number of nitrogens with one attached hydrogen (secondary N) is 1. The normalized spacial score (nSPS) is 18.8. The molecule has 3 fully saturated rings. The van der Waals surface area contributed by atoms with E-state index in [9.17, 15) is 14.7 Å². The molecule has 3 aromatic heterocycles. The van der Waals surface area contributed by atoms with E-state index in [1.54, 1.807) is 30.7 Å². The van der Waals surface area contributed by atoms with Crippen molar-refractivity contribution in [2.75, 3.05) is 33.3 Å². The predicted molar refractivity (Wildman–Crippen MR) is 200 cm³/mol. The van der Waals surface area contributed by atoms with Crippen LogP contribution in [-0.4, -0.2) is 80.6 Å². The number of hydrogen-bond acceptors (Lipinski definition) is 10. The predicted octanol–water partition coefficient (Wildman–Crippen LogP) is 7.29. The number of carboxylic acids is 1. The van der Waals surface area contributed by atoms with E-state index in [4.69, 9.17) is 42.6 Å². The number of carbonyl (C=O) groups excluding carboxylic acids is 1. The minimum absolute atomic E-state index is 0.0906. The van der Waals surface area contributed by atoms with Gasteiger partial charge in [0, 0.05) is 61.1 Å². The summed E-state index contributed by atoms with van der Waals surface area (Å²) in [7, 11) is 1.61. The second-order valence-electron chi connectivity index (χ2n) is 13.7. The van der Waals surface area contributed by atoms with Gasteiger partial charge in [0.2, 0.25) is 17.7 Å². The zero-order valence-electron chi connectivity index (χ0n) is 28.4. The largest absolute Gasteiger partial charge is 0.481 e. The van der Waals surface area contributed by atoms with Gasteiger partial charge in [-0.15, -0.1) is 11.3 Å². The van der Waals surface area contributed by atoms with Crippen molar-refractivity contribution in [2.24, 2.45) is 5.92 Å². The molecule has 8 rings (SSSR count). The van der Waals surface area contributed by atoms with E-state index in [1.807, 2.05) is 48.5 Å². The first-order valence-corrected chi connectivity index (χ1v) is 18.8. The Hall–Kier alpha value is -4.33. The molecule has 1 unspecified atom stereocenters. The summed E-state index contributed by atoms with van der Waals surface area (Å²) in [6, 6.07) is 17.1. The minimum Gasteiger partial charge on any atom is -0.481 e. The van der Waals surface area contributed by atoms with Crippen molar-refractivity contribution >= 4 is 56.6 Å². The molecule has 1 spiro atoms. The van der Waals surface area contributed by atoms with Crippen molar-refractivity contribution in [3.05, 3.63) is 81.4 Å². The summed E-state index contributed by atoms with van der Waals surface area (Å²) in [6.07, 6.45) is 4.70. The molecular formula is C38H36Cl2N6O5S. The SMILES string of the molecule is COc1nc(-c2cccc(-c3cccc(Oc4nccc5sc(CN6CCCC(C(=O)O)C6)nc45)c3Cl)c2Cl)ccc1CN1CC2(CCC(=O)N2)C1. The number of pyridine rings is 2. The number of aromatic nitrogens is 3. The summed E-state index contributed by atoms with van der Waals surface area (Å²) in [5.41, 5.74) is 4.28. The molecule has 6 heterocycles. The number of methoxy groups -OCH3 is 1. The zero-order chi connectivity index (χ0) is 36.0. The highest BCUT2D eigenvalue weighted by Crippen LogP contribution is 2.44. The maximum atomic E-state index is 11.8. The van der Waals surface area contributed by atoms with Crippen LogP contribution in [0.15, 0.2) is 60.8 Å². The van der Waals surface area contributed by atoms with E-state index in [-0.39, 0.29) is 17.4 Å². The van der Waals surface area contributed by atoms with Crippen LogP contribution in [0.25, 0.3) is 32.6 Å². The van der Waals surface area contributed by atoms with Crippen LogP contribution in [0.4, 0.5) is 0 Å². The fourth-order valence-corrected chi connectivity index (χ4v) is 9.13. The highest BCUT2D eigenvalue weighted by Gasteiger charge is 2.47. The number of thiazole rings is 1. The van der Waals surface area contributed by atoms with Crippen LogP contribution in [0.2, 0.25) is 10.0 Å². The molecule has 2 aromatic carbocycles. The molecule has 1 atom stereocenters. The standard InChI is InChI=1S/C38H36Cl2N6O5S/c1-50-35-22(17-46-20-38(21-46)14-12-30(47)44-38)10-11-27(42-35)26-8-2-6-24(32(26)39)25-7-3-9-28(33(25)40)51-36-34-29(13-15-41-36)52-31(43-34)19-45-16-4-5-23(18-45)37(48)49/h2-3,6-11,13,15,23H,4-5,12,14,16-21H2,1H3,(H,44,47)(H,48,49). The number of fused-ring (bicyclic) bond motifs is 1. The fourth-order valence-electron chi connectivity index (χ4n) is 7.54. The molecule has 3 aliphatic rings. The molecule has 0 aliphatic carbocycles. The van der Waals surface area contributed by atoms with Crippen LogP contribution in [0.5, 0.6) is 17.5 Å². The number of carbonyl (C=O) groups is 2. The van der Waals surface area contributed by atoms with E-state index in [0.29, 0.717) is 82.4 Å². The first-order valence-electron chi connectivity index (χ1n) is 17.2. The molecule has 11 nitrogen and oxygen atoms in total. The van der Waals surface area contributed by atoms with Crippen LogP contribution in [0.3, 0.4) is 0 Å². The quantitative estimate of drug-likeness (QED) is 0.150. The van der Waals surface area contributed by atoms with Crippen molar-refractivity contribution in [1.29, 1.82) is 0 Å². The Morgan fingerprint density at radius 1 is 1.00 bits per heavy atom. The van der Waals surface area contributed by atoms with Crippen LogP contribution in [0.1, 0.15) is 36.3 Å². The number of amides is 1. The third-order valence-electron chi connectivity index (χ3n) is 10.1. The minimum atomic E-state index is -0.749. The number of halogens is 2. The van der Waals surface area contributed by atoms with Gasteiger partial charge < -0.3 is 19.9 Å². The number of ether oxygens (including phenoxy) is 2. The van der Waals surface area contributed by atoms with Crippen molar-refractivity contribution < 1.29 is 24.2 Å². The van der Waals surface area contributed by atoms with Gasteiger partial charge in [-0.25, -0.2) is 15.0 Å². The molecule has 3 saturated heterocycles. The summed E-state index contributed by atoms with van der Waals surface area (Å²) in [4.78, 5) is 41.9. The molecule has 268 valence electrons. The Morgan fingerprint density at radius 2 is 1.79 bits per heavy atom. The molecule has 5 aromatic rings. The number of nitrogens with zero attached hydrogens (tertiary/aromatic N) is 5. The Bertz CT molecular complexity index is 2190. The lowest BCUT2D eigenvalue weighted by atomic mass is 9.88. The van der Waals surface area contributed by atoms with Crippen LogP contribution < -0.4 is 14.8 Å². The lowest BCUT2D eigenvalue weighted by molar-refractivity contribution is -0.143. The maximum absolute atomic E-state index is 11.8. The molecule has 0 radical (unpaired) electrons. The molecule has 52 heavy (non-hydrogen) atoms. The van der Waals surface area contributed by atoms with Gasteiger partial charge in [-0.2, -0.15) is 0 Å². The maximum Gasteiger partial charge on any atom is 0.307 e. The molecule has 14 heteroatoms. The number of carboxylic acid groups (broad SMARTS) is 1. The molecule has 3 aliphatic heterocycles. The van der Waals surface area contributed by atoms with Gasteiger partial charge in [0.1, 0.15) is 16.3 Å². The zero-order valence-corrected chi connectivity index (χ0v) is 30.7. The summed E-state index contributed by atoms with van der Waals surface area (Å²) in [5.74, 6) is 0.289. The lowest BCUT2D eigenvalue weighted by Gasteiger charge is -2.48. The topological polar surface area (TPSA) is 130 Å². The fraction of sp³-hybridized carbons (Fsp3) is 0.342.